The van der Waals surface area contributed by atoms with Gasteiger partial charge < -0.3 is 19.9 Å². The number of amides is 3. The summed E-state index contributed by atoms with van der Waals surface area (Å²) >= 11 is 6.12. The molecule has 1 fully saturated rings. The van der Waals surface area contributed by atoms with E-state index in [9.17, 15) is 14.4 Å². The summed E-state index contributed by atoms with van der Waals surface area (Å²) in [6, 6.07) is 7.30. The molecule has 0 radical (unpaired) electrons. The van der Waals surface area contributed by atoms with Crippen molar-refractivity contribution in [2.75, 3.05) is 32.7 Å². The van der Waals surface area contributed by atoms with Crippen LogP contribution in [0, 0.1) is 0 Å². The summed E-state index contributed by atoms with van der Waals surface area (Å²) in [6.45, 7) is 7.53. The van der Waals surface area contributed by atoms with Crippen molar-refractivity contribution in [3.8, 4) is 0 Å². The average molecular weight is 410 g/mol. The zero-order valence-corrected chi connectivity index (χ0v) is 17.4. The van der Waals surface area contributed by atoms with E-state index in [2.05, 4.69) is 5.32 Å². The quantitative estimate of drug-likeness (QED) is 0.810. The third-order valence-electron chi connectivity index (χ3n) is 4.29. The van der Waals surface area contributed by atoms with Crippen LogP contribution in [0.15, 0.2) is 24.3 Å². The molecule has 0 aromatic heterocycles. The minimum absolute atomic E-state index is 0.00629. The fourth-order valence-corrected chi connectivity index (χ4v) is 3.07. The molecule has 7 nitrogen and oxygen atoms in total. The Labute approximate surface area is 171 Å². The minimum Gasteiger partial charge on any atom is -0.444 e. The molecule has 0 aliphatic carbocycles. The van der Waals surface area contributed by atoms with Gasteiger partial charge in [-0.05, 0) is 32.4 Å². The van der Waals surface area contributed by atoms with Crippen LogP contribution in [0.2, 0.25) is 5.02 Å². The molecule has 1 aromatic carbocycles. The topological polar surface area (TPSA) is 79.0 Å². The second-order valence-corrected chi connectivity index (χ2v) is 8.12. The largest absolute Gasteiger partial charge is 0.444 e. The van der Waals surface area contributed by atoms with E-state index in [4.69, 9.17) is 16.3 Å². The summed E-state index contributed by atoms with van der Waals surface area (Å²) in [6.07, 6.45) is -0.0736. The molecule has 1 aromatic rings. The number of rotatable bonds is 5. The van der Waals surface area contributed by atoms with E-state index in [1.54, 1.807) is 36.6 Å². The van der Waals surface area contributed by atoms with Crippen LogP contribution in [-0.4, -0.2) is 66.0 Å². The predicted molar refractivity (Wildman–Crippen MR) is 107 cm³/mol. The smallest absolute Gasteiger partial charge is 0.407 e. The Morgan fingerprint density at radius 3 is 2.18 bits per heavy atom. The molecule has 0 atom stereocenters. The molecule has 154 valence electrons. The number of alkyl carbamates (subject to hydrolysis) is 1. The standard InChI is InChI=1S/C20H28ClN3O4/c1-20(2,3)28-19(27)22-9-8-17(25)23-10-12-24(13-11-23)18(26)14-15-6-4-5-7-16(15)21/h4-7H,8-14H2,1-3H3,(H,22,27). The van der Waals surface area contributed by atoms with Crippen molar-refractivity contribution in [2.45, 2.75) is 39.2 Å². The number of nitrogens with zero attached hydrogens (tertiary/aromatic N) is 2. The molecule has 28 heavy (non-hydrogen) atoms. The molecule has 0 bridgehead atoms. The molecule has 0 unspecified atom stereocenters. The van der Waals surface area contributed by atoms with Gasteiger partial charge in [-0.1, -0.05) is 29.8 Å². The van der Waals surface area contributed by atoms with Crippen LogP contribution in [0.5, 0.6) is 0 Å². The highest BCUT2D eigenvalue weighted by atomic mass is 35.5. The van der Waals surface area contributed by atoms with Crippen molar-refractivity contribution in [3.63, 3.8) is 0 Å². The number of carbonyl (C=O) groups is 3. The molecule has 0 spiro atoms. The molecule has 3 amide bonds. The van der Waals surface area contributed by atoms with E-state index in [1.165, 1.54) is 0 Å². The van der Waals surface area contributed by atoms with Crippen molar-refractivity contribution in [1.82, 2.24) is 15.1 Å². The summed E-state index contributed by atoms with van der Waals surface area (Å²) in [7, 11) is 0. The highest BCUT2D eigenvalue weighted by molar-refractivity contribution is 6.31. The van der Waals surface area contributed by atoms with Crippen LogP contribution >= 0.6 is 11.6 Å². The van der Waals surface area contributed by atoms with Gasteiger partial charge in [0, 0.05) is 44.2 Å². The van der Waals surface area contributed by atoms with Gasteiger partial charge in [-0.15, -0.1) is 0 Å². The first-order valence-corrected chi connectivity index (χ1v) is 9.79. The van der Waals surface area contributed by atoms with Gasteiger partial charge in [0.15, 0.2) is 0 Å². The Balaban J connectivity index is 1.71. The number of hydrogen-bond donors (Lipinski definition) is 1. The van der Waals surface area contributed by atoms with Crippen molar-refractivity contribution >= 4 is 29.5 Å². The monoisotopic (exact) mass is 409 g/mol. The van der Waals surface area contributed by atoms with Crippen LogP contribution in [0.4, 0.5) is 4.79 Å². The Bertz CT molecular complexity index is 710. The zero-order valence-electron chi connectivity index (χ0n) is 16.7. The number of benzene rings is 1. The molecule has 1 N–H and O–H groups in total. The number of halogens is 1. The summed E-state index contributed by atoms with van der Waals surface area (Å²) in [5.41, 5.74) is 0.238. The Morgan fingerprint density at radius 1 is 1.04 bits per heavy atom. The molecule has 1 heterocycles. The second-order valence-electron chi connectivity index (χ2n) is 7.71. The van der Waals surface area contributed by atoms with E-state index in [1.807, 2.05) is 18.2 Å². The fourth-order valence-electron chi connectivity index (χ4n) is 2.87. The van der Waals surface area contributed by atoms with Crippen LogP contribution in [-0.2, 0) is 20.7 Å². The SMILES string of the molecule is CC(C)(C)OC(=O)NCCC(=O)N1CCN(C(=O)Cc2ccccc2Cl)CC1. The van der Waals surface area contributed by atoms with Crippen molar-refractivity contribution < 1.29 is 19.1 Å². The minimum atomic E-state index is -0.569. The molecular formula is C20H28ClN3O4. The number of nitrogens with one attached hydrogen (secondary N) is 1. The van der Waals surface area contributed by atoms with E-state index < -0.39 is 11.7 Å². The molecule has 2 rings (SSSR count). The number of ether oxygens (including phenoxy) is 1. The zero-order chi connectivity index (χ0) is 20.7. The predicted octanol–water partition coefficient (Wildman–Crippen LogP) is 2.47. The van der Waals surface area contributed by atoms with Crippen LogP contribution in [0.25, 0.3) is 0 Å². The van der Waals surface area contributed by atoms with Crippen LogP contribution in [0.3, 0.4) is 0 Å². The lowest BCUT2D eigenvalue weighted by molar-refractivity contribution is -0.139. The first-order chi connectivity index (χ1) is 13.2. The molecule has 8 heteroatoms. The van der Waals surface area contributed by atoms with Crippen LogP contribution in [0.1, 0.15) is 32.8 Å². The molecular weight excluding hydrogens is 382 g/mol. The fraction of sp³-hybridized carbons (Fsp3) is 0.550. The van der Waals surface area contributed by atoms with Crippen molar-refractivity contribution in [1.29, 1.82) is 0 Å². The van der Waals surface area contributed by atoms with Gasteiger partial charge in [-0.25, -0.2) is 4.79 Å². The van der Waals surface area contributed by atoms with Gasteiger partial charge in [0.25, 0.3) is 0 Å². The number of carbonyl (C=O) groups excluding carboxylic acids is 3. The van der Waals surface area contributed by atoms with Crippen LogP contribution < -0.4 is 5.32 Å². The summed E-state index contributed by atoms with van der Waals surface area (Å²) in [5.74, 6) is -0.0407. The maximum atomic E-state index is 12.5. The summed E-state index contributed by atoms with van der Waals surface area (Å²) in [5, 5.41) is 3.17. The van der Waals surface area contributed by atoms with Gasteiger partial charge in [0.1, 0.15) is 5.60 Å². The lowest BCUT2D eigenvalue weighted by Crippen LogP contribution is -2.51. The van der Waals surface area contributed by atoms with Crippen molar-refractivity contribution in [3.05, 3.63) is 34.9 Å². The third-order valence-corrected chi connectivity index (χ3v) is 4.66. The summed E-state index contributed by atoms with van der Waals surface area (Å²) in [4.78, 5) is 39.8. The lowest BCUT2D eigenvalue weighted by Gasteiger charge is -2.35. The highest BCUT2D eigenvalue weighted by Gasteiger charge is 2.24. The van der Waals surface area contributed by atoms with E-state index in [0.29, 0.717) is 31.2 Å². The maximum Gasteiger partial charge on any atom is 0.407 e. The normalized spacial score (nSPS) is 14.6. The number of piperazine rings is 1. The summed E-state index contributed by atoms with van der Waals surface area (Å²) < 4.78 is 5.13. The Kier molecular flexibility index (Phi) is 7.69. The van der Waals surface area contributed by atoms with Gasteiger partial charge in [0.2, 0.25) is 11.8 Å². The van der Waals surface area contributed by atoms with E-state index >= 15 is 0 Å². The van der Waals surface area contributed by atoms with Gasteiger partial charge in [-0.3, -0.25) is 9.59 Å². The van der Waals surface area contributed by atoms with Gasteiger partial charge in [-0.2, -0.15) is 0 Å². The second kappa shape index (κ2) is 9.78. The van der Waals surface area contributed by atoms with E-state index in [-0.39, 0.29) is 31.2 Å². The molecule has 1 aliphatic rings. The van der Waals surface area contributed by atoms with E-state index in [0.717, 1.165) is 5.56 Å². The third kappa shape index (κ3) is 7.03. The van der Waals surface area contributed by atoms with Crippen molar-refractivity contribution in [2.24, 2.45) is 0 Å². The maximum absolute atomic E-state index is 12.5. The first kappa shape index (κ1) is 22.0. The first-order valence-electron chi connectivity index (χ1n) is 9.41. The number of hydrogen-bond acceptors (Lipinski definition) is 4. The molecule has 0 saturated carbocycles. The lowest BCUT2D eigenvalue weighted by atomic mass is 10.1. The molecule has 1 aliphatic heterocycles. The Hall–Kier alpha value is -2.28. The van der Waals surface area contributed by atoms with Gasteiger partial charge >= 0.3 is 6.09 Å². The highest BCUT2D eigenvalue weighted by Crippen LogP contribution is 2.17. The average Bonchev–Trinajstić information content (AvgIpc) is 2.62. The molecule has 1 saturated heterocycles. The van der Waals surface area contributed by atoms with Gasteiger partial charge in [0.05, 0.1) is 6.42 Å². The Morgan fingerprint density at radius 2 is 1.61 bits per heavy atom.